The molecule has 1 atom stereocenters. The van der Waals surface area contributed by atoms with E-state index in [-0.39, 0.29) is 12.3 Å². The maximum absolute atomic E-state index is 12.1. The molecular formula is C15H19N3O2. The van der Waals surface area contributed by atoms with Crippen LogP contribution in [0.15, 0.2) is 30.3 Å². The number of carbonyl (C=O) groups is 2. The number of carbonyl (C=O) groups excluding carboxylic acids is 2. The SMILES string of the molecule is CC(C)(CC(N)=O)NC(=O)C(C#N)Cc1ccccc1. The number of amides is 2. The molecule has 1 aromatic carbocycles. The lowest BCUT2D eigenvalue weighted by molar-refractivity contribution is -0.125. The number of hydrogen-bond acceptors (Lipinski definition) is 3. The lowest BCUT2D eigenvalue weighted by Gasteiger charge is -2.26. The summed E-state index contributed by atoms with van der Waals surface area (Å²) in [5.41, 5.74) is 5.29. The average Bonchev–Trinajstić information content (AvgIpc) is 2.34. The lowest BCUT2D eigenvalue weighted by Crippen LogP contribution is -2.48. The minimum Gasteiger partial charge on any atom is -0.370 e. The molecule has 106 valence electrons. The van der Waals surface area contributed by atoms with Gasteiger partial charge in [-0.25, -0.2) is 0 Å². The Morgan fingerprint density at radius 2 is 1.95 bits per heavy atom. The summed E-state index contributed by atoms with van der Waals surface area (Å²) in [5.74, 6) is -1.67. The summed E-state index contributed by atoms with van der Waals surface area (Å²) >= 11 is 0. The van der Waals surface area contributed by atoms with E-state index in [0.717, 1.165) is 5.56 Å². The molecule has 0 fully saturated rings. The van der Waals surface area contributed by atoms with Crippen LogP contribution in [0, 0.1) is 17.2 Å². The predicted molar refractivity (Wildman–Crippen MR) is 75.3 cm³/mol. The number of nitriles is 1. The van der Waals surface area contributed by atoms with Crippen LogP contribution in [0.2, 0.25) is 0 Å². The molecule has 0 aliphatic heterocycles. The summed E-state index contributed by atoms with van der Waals surface area (Å²) in [5, 5.41) is 11.8. The van der Waals surface area contributed by atoms with Crippen molar-refractivity contribution in [1.29, 1.82) is 5.26 Å². The smallest absolute Gasteiger partial charge is 0.238 e. The van der Waals surface area contributed by atoms with Crippen molar-refractivity contribution in [2.75, 3.05) is 0 Å². The molecule has 0 radical (unpaired) electrons. The highest BCUT2D eigenvalue weighted by Gasteiger charge is 2.27. The third-order valence-electron chi connectivity index (χ3n) is 2.83. The van der Waals surface area contributed by atoms with E-state index in [1.165, 1.54) is 0 Å². The number of nitrogens with zero attached hydrogens (tertiary/aromatic N) is 1. The predicted octanol–water partition coefficient (Wildman–Crippen LogP) is 1.14. The van der Waals surface area contributed by atoms with Gasteiger partial charge in [0.1, 0.15) is 5.92 Å². The van der Waals surface area contributed by atoms with Crippen molar-refractivity contribution in [3.63, 3.8) is 0 Å². The maximum atomic E-state index is 12.1. The summed E-state index contributed by atoms with van der Waals surface area (Å²) in [6.07, 6.45) is 0.373. The molecule has 0 aromatic heterocycles. The maximum Gasteiger partial charge on any atom is 0.238 e. The van der Waals surface area contributed by atoms with Gasteiger partial charge in [-0.2, -0.15) is 5.26 Å². The van der Waals surface area contributed by atoms with Crippen LogP contribution in [0.3, 0.4) is 0 Å². The minimum absolute atomic E-state index is 0.0300. The van der Waals surface area contributed by atoms with Gasteiger partial charge in [0.25, 0.3) is 0 Å². The van der Waals surface area contributed by atoms with E-state index in [1.54, 1.807) is 13.8 Å². The monoisotopic (exact) mass is 273 g/mol. The zero-order valence-electron chi connectivity index (χ0n) is 11.7. The van der Waals surface area contributed by atoms with Gasteiger partial charge in [-0.05, 0) is 25.8 Å². The standard InChI is InChI=1S/C15H19N3O2/c1-15(2,9-13(17)19)18-14(20)12(10-16)8-11-6-4-3-5-7-11/h3-7,12H,8-9H2,1-2H3,(H2,17,19)(H,18,20). The zero-order valence-corrected chi connectivity index (χ0v) is 11.7. The van der Waals surface area contributed by atoms with Crippen molar-refractivity contribution < 1.29 is 9.59 Å². The molecule has 0 heterocycles. The van der Waals surface area contributed by atoms with Crippen LogP contribution >= 0.6 is 0 Å². The molecule has 1 aromatic rings. The fourth-order valence-electron chi connectivity index (χ4n) is 1.95. The van der Waals surface area contributed by atoms with E-state index in [2.05, 4.69) is 5.32 Å². The van der Waals surface area contributed by atoms with E-state index in [9.17, 15) is 9.59 Å². The molecule has 0 saturated carbocycles. The molecule has 5 nitrogen and oxygen atoms in total. The second kappa shape index (κ2) is 6.71. The number of nitrogens with one attached hydrogen (secondary N) is 1. The molecule has 3 N–H and O–H groups in total. The first-order valence-electron chi connectivity index (χ1n) is 6.38. The molecule has 1 unspecified atom stereocenters. The first-order chi connectivity index (χ1) is 9.34. The fraction of sp³-hybridized carbons (Fsp3) is 0.400. The van der Waals surface area contributed by atoms with Crippen LogP contribution in [-0.4, -0.2) is 17.4 Å². The van der Waals surface area contributed by atoms with Crippen LogP contribution in [0.25, 0.3) is 0 Å². The Morgan fingerprint density at radius 1 is 1.35 bits per heavy atom. The third kappa shape index (κ3) is 5.11. The second-order valence-corrected chi connectivity index (χ2v) is 5.39. The highest BCUT2D eigenvalue weighted by Crippen LogP contribution is 2.12. The van der Waals surface area contributed by atoms with E-state index in [4.69, 9.17) is 11.0 Å². The van der Waals surface area contributed by atoms with Gasteiger partial charge in [0.05, 0.1) is 6.07 Å². The van der Waals surface area contributed by atoms with Crippen LogP contribution < -0.4 is 11.1 Å². The fourth-order valence-corrected chi connectivity index (χ4v) is 1.95. The highest BCUT2D eigenvalue weighted by molar-refractivity contribution is 5.83. The Balaban J connectivity index is 2.69. The quantitative estimate of drug-likeness (QED) is 0.813. The molecule has 0 spiro atoms. The van der Waals surface area contributed by atoms with Crippen molar-refractivity contribution in [2.45, 2.75) is 32.2 Å². The number of nitrogens with two attached hydrogens (primary N) is 1. The molecule has 0 bridgehead atoms. The van der Waals surface area contributed by atoms with E-state index >= 15 is 0 Å². The molecule has 0 aliphatic rings. The zero-order chi connectivity index (χ0) is 15.2. The summed E-state index contributed by atoms with van der Waals surface area (Å²) < 4.78 is 0. The van der Waals surface area contributed by atoms with Crippen molar-refractivity contribution in [3.05, 3.63) is 35.9 Å². The molecule has 0 saturated heterocycles. The van der Waals surface area contributed by atoms with Gasteiger partial charge < -0.3 is 11.1 Å². The van der Waals surface area contributed by atoms with E-state index in [0.29, 0.717) is 6.42 Å². The van der Waals surface area contributed by atoms with Gasteiger partial charge in [-0.15, -0.1) is 0 Å². The number of hydrogen-bond donors (Lipinski definition) is 2. The Labute approximate surface area is 118 Å². The summed E-state index contributed by atoms with van der Waals surface area (Å²) in [4.78, 5) is 23.0. The Hall–Kier alpha value is -2.35. The second-order valence-electron chi connectivity index (χ2n) is 5.39. The molecule has 20 heavy (non-hydrogen) atoms. The summed E-state index contributed by atoms with van der Waals surface area (Å²) in [6.45, 7) is 3.40. The third-order valence-corrected chi connectivity index (χ3v) is 2.83. The minimum atomic E-state index is -0.787. The average molecular weight is 273 g/mol. The van der Waals surface area contributed by atoms with Crippen molar-refractivity contribution >= 4 is 11.8 Å². The largest absolute Gasteiger partial charge is 0.370 e. The first-order valence-corrected chi connectivity index (χ1v) is 6.38. The highest BCUT2D eigenvalue weighted by atomic mass is 16.2. The number of benzene rings is 1. The van der Waals surface area contributed by atoms with E-state index in [1.807, 2.05) is 36.4 Å². The first kappa shape index (κ1) is 15.7. The van der Waals surface area contributed by atoms with Crippen LogP contribution in [0.5, 0.6) is 0 Å². The number of primary amides is 1. The Kier molecular flexibility index (Phi) is 5.27. The van der Waals surface area contributed by atoms with Gasteiger partial charge in [-0.1, -0.05) is 30.3 Å². The molecular weight excluding hydrogens is 254 g/mol. The Morgan fingerprint density at radius 3 is 2.45 bits per heavy atom. The number of rotatable bonds is 6. The van der Waals surface area contributed by atoms with Gasteiger partial charge in [0, 0.05) is 12.0 Å². The molecule has 5 heteroatoms. The van der Waals surface area contributed by atoms with Crippen LogP contribution in [0.4, 0.5) is 0 Å². The van der Waals surface area contributed by atoms with Crippen molar-refractivity contribution in [3.8, 4) is 6.07 Å². The summed E-state index contributed by atoms with van der Waals surface area (Å²) in [6, 6.07) is 11.3. The van der Waals surface area contributed by atoms with Gasteiger partial charge >= 0.3 is 0 Å². The van der Waals surface area contributed by atoms with E-state index < -0.39 is 17.4 Å². The Bertz CT molecular complexity index is 518. The van der Waals surface area contributed by atoms with Crippen molar-refractivity contribution in [2.24, 2.45) is 11.7 Å². The van der Waals surface area contributed by atoms with Gasteiger partial charge in [-0.3, -0.25) is 9.59 Å². The topological polar surface area (TPSA) is 96.0 Å². The molecule has 1 rings (SSSR count). The molecule has 0 aliphatic carbocycles. The lowest BCUT2D eigenvalue weighted by atomic mass is 9.96. The molecule has 2 amide bonds. The summed E-state index contributed by atoms with van der Waals surface area (Å²) in [7, 11) is 0. The normalized spacial score (nSPS) is 12.2. The van der Waals surface area contributed by atoms with Crippen molar-refractivity contribution in [1.82, 2.24) is 5.32 Å². The van der Waals surface area contributed by atoms with Crippen LogP contribution in [-0.2, 0) is 16.0 Å². The van der Waals surface area contributed by atoms with Gasteiger partial charge in [0.2, 0.25) is 11.8 Å². The van der Waals surface area contributed by atoms with Gasteiger partial charge in [0.15, 0.2) is 0 Å². The van der Waals surface area contributed by atoms with Crippen LogP contribution in [0.1, 0.15) is 25.8 Å².